The molecule has 0 unspecified atom stereocenters. The number of allylic oxidation sites excluding steroid dienone is 2. The number of rotatable bonds is 10. The van der Waals surface area contributed by atoms with E-state index >= 15 is 0 Å². The number of aliphatic hydroxyl groups excluding tert-OH is 1. The Labute approximate surface area is 370 Å². The van der Waals surface area contributed by atoms with Crippen LogP contribution in [0.4, 0.5) is 0 Å². The molecule has 1 N–H and O–H groups in total. The van der Waals surface area contributed by atoms with E-state index in [1.54, 1.807) is 6.33 Å². The number of fused-ring (bicyclic) bond motifs is 6. The van der Waals surface area contributed by atoms with E-state index in [0.717, 1.165) is 69.8 Å². The van der Waals surface area contributed by atoms with E-state index in [2.05, 4.69) is 94.4 Å². The van der Waals surface area contributed by atoms with Crippen LogP contribution in [0.2, 0.25) is 0 Å². The first kappa shape index (κ1) is 44.9. The number of carbonyl (C=O) groups excluding carboxylic acids is 1. The van der Waals surface area contributed by atoms with Gasteiger partial charge >= 0.3 is 0 Å². The van der Waals surface area contributed by atoms with Gasteiger partial charge < -0.3 is 9.52 Å². The van der Waals surface area contributed by atoms with E-state index in [1.165, 1.54) is 81.5 Å². The number of aromatic nitrogens is 2. The summed E-state index contributed by atoms with van der Waals surface area (Å²) in [5, 5.41) is 15.8. The van der Waals surface area contributed by atoms with Gasteiger partial charge in [0.05, 0.1) is 11.1 Å². The molecule has 60 heavy (non-hydrogen) atoms. The normalized spacial score (nSPS) is 13.9. The Hall–Kier alpha value is -4.64. The minimum atomic E-state index is -0.337. The largest absolute Gasteiger partial charge is 0.512 e. The molecule has 1 fully saturated rings. The van der Waals surface area contributed by atoms with Gasteiger partial charge in [-0.2, -0.15) is 0 Å². The van der Waals surface area contributed by atoms with Crippen molar-refractivity contribution in [2.75, 3.05) is 0 Å². The first-order valence-corrected chi connectivity index (χ1v) is 21.9. The van der Waals surface area contributed by atoms with E-state index in [-0.39, 0.29) is 42.5 Å². The van der Waals surface area contributed by atoms with Gasteiger partial charge in [-0.15, -0.1) is 18.2 Å². The average molecular weight is 978 g/mol. The summed E-state index contributed by atoms with van der Waals surface area (Å²) in [5.41, 5.74) is 13.1. The second-order valence-corrected chi connectivity index (χ2v) is 17.6. The molecular weight excluding hydrogens is 917 g/mol. The molecule has 2 heterocycles. The molecule has 1 saturated carbocycles. The molecule has 7 aromatic rings. The molecule has 0 atom stereocenters. The zero-order valence-corrected chi connectivity index (χ0v) is 39.6. The fourth-order valence-corrected chi connectivity index (χ4v) is 9.47. The maximum atomic E-state index is 12.2. The first-order chi connectivity index (χ1) is 28.3. The van der Waals surface area contributed by atoms with E-state index in [4.69, 9.17) is 14.4 Å². The molecule has 8 rings (SSSR count). The molecule has 1 aliphatic carbocycles. The molecule has 315 valence electrons. The number of aryl methyl sites for hydroxylation is 4. The van der Waals surface area contributed by atoms with Crippen molar-refractivity contribution in [3.63, 3.8) is 0 Å². The van der Waals surface area contributed by atoms with Crippen molar-refractivity contribution in [1.82, 2.24) is 9.97 Å². The number of ketones is 1. The summed E-state index contributed by atoms with van der Waals surface area (Å²) < 4.78 is 6.65. The Morgan fingerprint density at radius 1 is 0.817 bits per heavy atom. The van der Waals surface area contributed by atoms with Crippen LogP contribution in [0.3, 0.4) is 0 Å². The van der Waals surface area contributed by atoms with Crippen LogP contribution in [0.25, 0.3) is 66.0 Å². The Morgan fingerprint density at radius 3 is 2.12 bits per heavy atom. The third-order valence-corrected chi connectivity index (χ3v) is 14.2. The van der Waals surface area contributed by atoms with Crippen LogP contribution in [0.5, 0.6) is 0 Å². The number of benzene rings is 5. The van der Waals surface area contributed by atoms with Gasteiger partial charge in [0.15, 0.2) is 5.78 Å². The number of hydrogen-bond donors (Lipinski definition) is 1. The van der Waals surface area contributed by atoms with Gasteiger partial charge in [-0.1, -0.05) is 114 Å². The Morgan fingerprint density at radius 2 is 1.47 bits per heavy atom. The molecule has 2 aromatic heterocycles. The maximum Gasteiger partial charge on any atom is 0.164 e. The van der Waals surface area contributed by atoms with Crippen molar-refractivity contribution >= 4 is 49.4 Å². The number of nitrogens with zero attached hydrogens (tertiary/aromatic N) is 2. The molecule has 5 nitrogen and oxygen atoms in total. The van der Waals surface area contributed by atoms with E-state index in [1.807, 2.05) is 47.6 Å². The Balaban J connectivity index is 0.000000287. The molecule has 1 aliphatic rings. The Kier molecular flexibility index (Phi) is 13.6. The van der Waals surface area contributed by atoms with Crippen molar-refractivity contribution in [3.8, 4) is 22.4 Å². The molecule has 5 aromatic carbocycles. The van der Waals surface area contributed by atoms with Crippen LogP contribution in [0, 0.1) is 44.6 Å². The minimum Gasteiger partial charge on any atom is -0.512 e. The number of hydrogen-bond acceptors (Lipinski definition) is 5. The third-order valence-electron chi connectivity index (χ3n) is 14.2. The summed E-state index contributed by atoms with van der Waals surface area (Å²) in [5.74, 6) is 0.936. The van der Waals surface area contributed by atoms with Crippen molar-refractivity contribution in [3.05, 3.63) is 119 Å². The fourth-order valence-electron chi connectivity index (χ4n) is 9.47. The Bertz CT molecular complexity index is 2710. The van der Waals surface area contributed by atoms with Gasteiger partial charge in [-0.05, 0) is 128 Å². The quantitative estimate of drug-likeness (QED) is 0.0639. The zero-order valence-electron chi connectivity index (χ0n) is 37.2. The molecule has 0 aliphatic heterocycles. The van der Waals surface area contributed by atoms with E-state index < -0.39 is 0 Å². The van der Waals surface area contributed by atoms with Gasteiger partial charge in [0.25, 0.3) is 0 Å². The third kappa shape index (κ3) is 8.10. The maximum absolute atomic E-state index is 12.2. The van der Waals surface area contributed by atoms with Crippen LogP contribution < -0.4 is 0 Å². The van der Waals surface area contributed by atoms with Crippen LogP contribution in [0.15, 0.2) is 89.3 Å². The number of furan rings is 1. The monoisotopic (exact) mass is 978 g/mol. The topological polar surface area (TPSA) is 76.2 Å². The predicted molar refractivity (Wildman–Crippen MR) is 247 cm³/mol. The smallest absolute Gasteiger partial charge is 0.164 e. The average Bonchev–Trinajstić information content (AvgIpc) is 3.91. The minimum absolute atomic E-state index is 0. The van der Waals surface area contributed by atoms with Gasteiger partial charge in [0.1, 0.15) is 17.7 Å². The van der Waals surface area contributed by atoms with E-state index in [9.17, 15) is 9.90 Å². The molecule has 6 heteroatoms. The summed E-state index contributed by atoms with van der Waals surface area (Å²) in [6, 6.07) is 27.4. The van der Waals surface area contributed by atoms with Gasteiger partial charge in [0, 0.05) is 53.5 Å². The van der Waals surface area contributed by atoms with Crippen molar-refractivity contribution in [2.45, 2.75) is 127 Å². The van der Waals surface area contributed by atoms with Crippen molar-refractivity contribution in [1.29, 1.82) is 0 Å². The summed E-state index contributed by atoms with van der Waals surface area (Å²) in [4.78, 5) is 21.9. The van der Waals surface area contributed by atoms with Crippen LogP contribution in [-0.4, -0.2) is 20.9 Å². The summed E-state index contributed by atoms with van der Waals surface area (Å²) in [6.45, 7) is 21.0. The molecule has 0 spiro atoms. The number of carbonyl (C=O) groups is 1. The molecule has 0 bridgehead atoms. The van der Waals surface area contributed by atoms with Crippen LogP contribution in [-0.2, 0) is 24.9 Å². The van der Waals surface area contributed by atoms with Gasteiger partial charge in [-0.3, -0.25) is 9.78 Å². The standard InChI is InChI=1S/C39H33N2O.C15H28O2.Ir/c1-22-9-7-10-23(2)34(22)28-15-17-29-30-13-8-14-32(39(30)42-33(29)20-28)37-31-18-16-27-19-24(3)35(26-11-5-6-12-26)25(4)36(27)38(31)41-21-40-37;1-7-14(5,8-2)12(16)11-13(17)15(6,9-3)10-4;/h7-10,13,15-21,26H,5-6,11-12H2,1-4H3;11,16H,7-10H2,1-6H3;/q-1;;/b;12-11-;. The number of aliphatic hydroxyl groups is 1. The van der Waals surface area contributed by atoms with Crippen molar-refractivity contribution in [2.24, 2.45) is 10.8 Å². The molecular formula is C54H61IrN2O3-. The summed E-state index contributed by atoms with van der Waals surface area (Å²) in [6.07, 6.45) is 11.7. The first-order valence-electron chi connectivity index (χ1n) is 21.9. The zero-order chi connectivity index (χ0) is 42.2. The SMILES string of the molecule is CCC(C)(CC)C(=O)/C=C(\O)C(C)(CC)CC.Cc1cccc(C)c1-c1ccc2c(c1)oc1c(-c3ncnc4c3ccc3cc(C)c(C5CCCC5)c(C)c34)[c-]ccc12.[Ir]. The molecule has 1 radical (unpaired) electrons. The predicted octanol–water partition coefficient (Wildman–Crippen LogP) is 15.4. The van der Waals surface area contributed by atoms with Gasteiger partial charge in [-0.25, -0.2) is 4.98 Å². The molecule has 0 amide bonds. The summed E-state index contributed by atoms with van der Waals surface area (Å²) >= 11 is 0. The molecule has 0 saturated heterocycles. The van der Waals surface area contributed by atoms with Crippen LogP contribution in [0.1, 0.15) is 127 Å². The van der Waals surface area contributed by atoms with Crippen LogP contribution >= 0.6 is 0 Å². The fraction of sp³-hybridized carbons (Fsp3) is 0.389. The second-order valence-electron chi connectivity index (χ2n) is 17.6. The van der Waals surface area contributed by atoms with E-state index in [0.29, 0.717) is 5.92 Å². The summed E-state index contributed by atoms with van der Waals surface area (Å²) in [7, 11) is 0. The second kappa shape index (κ2) is 18.1. The van der Waals surface area contributed by atoms with Gasteiger partial charge in [0.2, 0.25) is 0 Å². The van der Waals surface area contributed by atoms with Crippen molar-refractivity contribution < 1.29 is 34.4 Å².